The third-order valence-corrected chi connectivity index (χ3v) is 2.67. The average molecular weight is 279 g/mol. The fourth-order valence-corrected chi connectivity index (χ4v) is 1.75. The molecule has 0 radical (unpaired) electrons. The number of rotatable bonds is 7. The van der Waals surface area contributed by atoms with E-state index in [0.717, 1.165) is 11.3 Å². The maximum atomic E-state index is 11.6. The van der Waals surface area contributed by atoms with E-state index >= 15 is 0 Å². The Labute approximate surface area is 118 Å². The van der Waals surface area contributed by atoms with Gasteiger partial charge in [-0.05, 0) is 38.5 Å². The van der Waals surface area contributed by atoms with Crippen molar-refractivity contribution in [2.75, 3.05) is 0 Å². The van der Waals surface area contributed by atoms with Crippen LogP contribution >= 0.6 is 0 Å². The number of ether oxygens (including phenoxy) is 1. The van der Waals surface area contributed by atoms with Crippen LogP contribution in [0.15, 0.2) is 24.3 Å². The lowest BCUT2D eigenvalue weighted by Gasteiger charge is -2.16. The molecule has 110 valence electrons. The summed E-state index contributed by atoms with van der Waals surface area (Å²) in [5.74, 6) is -0.487. The molecule has 1 unspecified atom stereocenters. The second-order valence-corrected chi connectivity index (χ2v) is 4.92. The maximum absolute atomic E-state index is 11.6. The molecule has 1 aromatic rings. The number of hydrogen-bond donors (Lipinski definition) is 2. The van der Waals surface area contributed by atoms with Gasteiger partial charge in [0.2, 0.25) is 5.91 Å². The van der Waals surface area contributed by atoms with Crippen molar-refractivity contribution in [3.05, 3.63) is 29.8 Å². The summed E-state index contributed by atoms with van der Waals surface area (Å²) in [5, 5.41) is 11.3. The lowest BCUT2D eigenvalue weighted by Crippen LogP contribution is -2.27. The summed E-state index contributed by atoms with van der Waals surface area (Å²) in [5.41, 5.74) is 0.923. The SMILES string of the molecule is CC(C)Oc1cccc(C(C)NC(=O)CCC(=O)O)c1. The maximum Gasteiger partial charge on any atom is 0.303 e. The molecule has 2 N–H and O–H groups in total. The van der Waals surface area contributed by atoms with Crippen LogP contribution in [0.4, 0.5) is 0 Å². The summed E-state index contributed by atoms with van der Waals surface area (Å²) in [6, 6.07) is 7.32. The Kier molecular flexibility index (Phi) is 6.03. The van der Waals surface area contributed by atoms with Gasteiger partial charge in [0.05, 0.1) is 18.6 Å². The molecule has 1 rings (SSSR count). The van der Waals surface area contributed by atoms with E-state index < -0.39 is 5.97 Å². The molecule has 0 heterocycles. The number of carboxylic acids is 1. The molecular weight excluding hydrogens is 258 g/mol. The Bertz CT molecular complexity index is 471. The van der Waals surface area contributed by atoms with E-state index in [1.807, 2.05) is 45.0 Å². The first kappa shape index (κ1) is 16.0. The summed E-state index contributed by atoms with van der Waals surface area (Å²) in [6.45, 7) is 5.75. The van der Waals surface area contributed by atoms with E-state index in [9.17, 15) is 9.59 Å². The molecule has 0 bridgehead atoms. The second-order valence-electron chi connectivity index (χ2n) is 4.92. The van der Waals surface area contributed by atoms with Crippen LogP contribution in [0.25, 0.3) is 0 Å². The number of carbonyl (C=O) groups is 2. The van der Waals surface area contributed by atoms with Crippen molar-refractivity contribution < 1.29 is 19.4 Å². The third kappa shape index (κ3) is 5.73. The summed E-state index contributed by atoms with van der Waals surface area (Å²) in [7, 11) is 0. The number of carbonyl (C=O) groups excluding carboxylic acids is 1. The molecule has 0 aliphatic carbocycles. The van der Waals surface area contributed by atoms with Crippen LogP contribution in [-0.2, 0) is 9.59 Å². The van der Waals surface area contributed by atoms with Crippen molar-refractivity contribution in [3.8, 4) is 5.75 Å². The standard InChI is InChI=1S/C15H21NO4/c1-10(2)20-13-6-4-5-12(9-13)11(3)16-14(17)7-8-15(18)19/h4-6,9-11H,7-8H2,1-3H3,(H,16,17)(H,18,19). The zero-order valence-corrected chi connectivity index (χ0v) is 12.1. The minimum atomic E-state index is -0.972. The van der Waals surface area contributed by atoms with Gasteiger partial charge < -0.3 is 15.2 Å². The van der Waals surface area contributed by atoms with Gasteiger partial charge >= 0.3 is 5.97 Å². The van der Waals surface area contributed by atoms with Crippen molar-refractivity contribution >= 4 is 11.9 Å². The molecule has 0 saturated carbocycles. The summed E-state index contributed by atoms with van der Waals surface area (Å²) in [6.07, 6.45) is -0.0811. The summed E-state index contributed by atoms with van der Waals surface area (Å²) < 4.78 is 5.60. The van der Waals surface area contributed by atoms with Gasteiger partial charge in [0.1, 0.15) is 5.75 Å². The normalized spacial score (nSPS) is 12.0. The van der Waals surface area contributed by atoms with Gasteiger partial charge in [-0.25, -0.2) is 0 Å². The predicted octanol–water partition coefficient (Wildman–Crippen LogP) is 2.52. The summed E-state index contributed by atoms with van der Waals surface area (Å²) in [4.78, 5) is 22.0. The van der Waals surface area contributed by atoms with Gasteiger partial charge in [-0.1, -0.05) is 12.1 Å². The Hall–Kier alpha value is -2.04. The highest BCUT2D eigenvalue weighted by atomic mass is 16.5. The third-order valence-electron chi connectivity index (χ3n) is 2.67. The van der Waals surface area contributed by atoms with E-state index in [2.05, 4.69) is 5.32 Å². The molecule has 0 aliphatic heterocycles. The Morgan fingerprint density at radius 3 is 2.55 bits per heavy atom. The van der Waals surface area contributed by atoms with E-state index in [1.54, 1.807) is 0 Å². The van der Waals surface area contributed by atoms with Crippen molar-refractivity contribution in [1.82, 2.24) is 5.32 Å². The molecule has 0 aromatic heterocycles. The van der Waals surface area contributed by atoms with Crippen molar-refractivity contribution in [3.63, 3.8) is 0 Å². The largest absolute Gasteiger partial charge is 0.491 e. The number of hydrogen-bond acceptors (Lipinski definition) is 3. The van der Waals surface area contributed by atoms with Crippen LogP contribution < -0.4 is 10.1 Å². The van der Waals surface area contributed by atoms with Crippen LogP contribution in [0.3, 0.4) is 0 Å². The van der Waals surface area contributed by atoms with Gasteiger partial charge in [-0.3, -0.25) is 9.59 Å². The zero-order chi connectivity index (χ0) is 15.1. The van der Waals surface area contributed by atoms with Crippen LogP contribution in [-0.4, -0.2) is 23.1 Å². The van der Waals surface area contributed by atoms with Crippen LogP contribution in [0.5, 0.6) is 5.75 Å². The molecule has 0 aliphatic rings. The number of nitrogens with one attached hydrogen (secondary N) is 1. The molecular formula is C15H21NO4. The quantitative estimate of drug-likeness (QED) is 0.804. The Balaban J connectivity index is 2.60. The van der Waals surface area contributed by atoms with E-state index in [1.165, 1.54) is 0 Å². The number of amides is 1. The van der Waals surface area contributed by atoms with E-state index in [0.29, 0.717) is 0 Å². The van der Waals surface area contributed by atoms with Gasteiger partial charge in [0.25, 0.3) is 0 Å². The van der Waals surface area contributed by atoms with Crippen LogP contribution in [0, 0.1) is 0 Å². The lowest BCUT2D eigenvalue weighted by atomic mass is 10.1. The van der Waals surface area contributed by atoms with E-state index in [-0.39, 0.29) is 30.9 Å². The first-order chi connectivity index (χ1) is 9.38. The van der Waals surface area contributed by atoms with Crippen molar-refractivity contribution in [2.24, 2.45) is 0 Å². The number of carboxylic acid groups (broad SMARTS) is 1. The van der Waals surface area contributed by atoms with Gasteiger partial charge in [0, 0.05) is 6.42 Å². The molecule has 1 atom stereocenters. The van der Waals surface area contributed by atoms with Gasteiger partial charge in [-0.15, -0.1) is 0 Å². The molecule has 20 heavy (non-hydrogen) atoms. The first-order valence-corrected chi connectivity index (χ1v) is 6.66. The highest BCUT2D eigenvalue weighted by Gasteiger charge is 2.11. The van der Waals surface area contributed by atoms with Crippen LogP contribution in [0.1, 0.15) is 45.2 Å². The highest BCUT2D eigenvalue weighted by molar-refractivity contribution is 5.80. The molecule has 1 aromatic carbocycles. The molecule has 5 heteroatoms. The predicted molar refractivity (Wildman–Crippen MR) is 75.6 cm³/mol. The van der Waals surface area contributed by atoms with Crippen LogP contribution in [0.2, 0.25) is 0 Å². The fraction of sp³-hybridized carbons (Fsp3) is 0.467. The molecule has 5 nitrogen and oxygen atoms in total. The zero-order valence-electron chi connectivity index (χ0n) is 12.1. The average Bonchev–Trinajstić information content (AvgIpc) is 2.36. The van der Waals surface area contributed by atoms with Crippen molar-refractivity contribution in [2.45, 2.75) is 45.8 Å². The Morgan fingerprint density at radius 2 is 1.95 bits per heavy atom. The first-order valence-electron chi connectivity index (χ1n) is 6.66. The molecule has 0 spiro atoms. The minimum absolute atomic E-state index is 0.0120. The second kappa shape index (κ2) is 7.53. The summed E-state index contributed by atoms with van der Waals surface area (Å²) >= 11 is 0. The molecule has 1 amide bonds. The highest BCUT2D eigenvalue weighted by Crippen LogP contribution is 2.20. The molecule has 0 saturated heterocycles. The topological polar surface area (TPSA) is 75.6 Å². The number of aliphatic carboxylic acids is 1. The molecule has 0 fully saturated rings. The van der Waals surface area contributed by atoms with E-state index in [4.69, 9.17) is 9.84 Å². The van der Waals surface area contributed by atoms with Gasteiger partial charge in [-0.2, -0.15) is 0 Å². The minimum Gasteiger partial charge on any atom is -0.491 e. The number of benzene rings is 1. The lowest BCUT2D eigenvalue weighted by molar-refractivity contribution is -0.138. The fourth-order valence-electron chi connectivity index (χ4n) is 1.75. The monoisotopic (exact) mass is 279 g/mol. The smallest absolute Gasteiger partial charge is 0.303 e. The van der Waals surface area contributed by atoms with Gasteiger partial charge in [0.15, 0.2) is 0 Å². The Morgan fingerprint density at radius 1 is 1.25 bits per heavy atom. The van der Waals surface area contributed by atoms with Crippen molar-refractivity contribution in [1.29, 1.82) is 0 Å².